The van der Waals surface area contributed by atoms with Gasteiger partial charge in [-0.2, -0.15) is 8.42 Å². The molecule has 7 nitrogen and oxygen atoms in total. The summed E-state index contributed by atoms with van der Waals surface area (Å²) in [6, 6.07) is 21.9. The minimum atomic E-state index is -4.34. The maximum atomic E-state index is 13.3. The van der Waals surface area contributed by atoms with Crippen molar-refractivity contribution < 1.29 is 22.5 Å². The van der Waals surface area contributed by atoms with Gasteiger partial charge >= 0.3 is 5.97 Å². The Labute approximate surface area is 337 Å². The first-order valence-corrected chi connectivity index (χ1v) is 21.4. The number of ether oxygens (including phenoxy) is 1. The number of anilines is 2. The molecule has 1 N–H and O–H groups in total. The van der Waals surface area contributed by atoms with Crippen molar-refractivity contribution >= 4 is 60.6 Å². The molecule has 0 fully saturated rings. The van der Waals surface area contributed by atoms with Gasteiger partial charge in [0, 0.05) is 46.0 Å². The molecule has 7 rings (SSSR count). The Morgan fingerprint density at radius 2 is 1.59 bits per heavy atom. The number of benzene rings is 4. The van der Waals surface area contributed by atoms with Crippen molar-refractivity contribution in [1.29, 1.82) is 0 Å². The monoisotopic (exact) mass is 792 g/mol. The van der Waals surface area contributed by atoms with Gasteiger partial charge in [0.05, 0.1) is 23.5 Å². The van der Waals surface area contributed by atoms with Crippen LogP contribution in [-0.4, -0.2) is 45.2 Å². The Kier molecular flexibility index (Phi) is 10.1. The highest BCUT2D eigenvalue weighted by Gasteiger charge is 2.45. The van der Waals surface area contributed by atoms with Crippen molar-refractivity contribution in [1.82, 2.24) is 0 Å². The van der Waals surface area contributed by atoms with Crippen molar-refractivity contribution in [3.63, 3.8) is 0 Å². The quantitative estimate of drug-likeness (QED) is 0.140. The third kappa shape index (κ3) is 6.38. The van der Waals surface area contributed by atoms with Gasteiger partial charge in [-0.05, 0) is 121 Å². The summed E-state index contributed by atoms with van der Waals surface area (Å²) in [5.41, 5.74) is 6.44. The number of hydrogen-bond donors (Lipinski definition) is 1. The van der Waals surface area contributed by atoms with Gasteiger partial charge in [-0.3, -0.25) is 9.35 Å². The number of halogens is 1. The fourth-order valence-corrected chi connectivity index (χ4v) is 10.5. The molecular formula is C47H53ClN2O5S. The summed E-state index contributed by atoms with van der Waals surface area (Å²) in [7, 11) is -2.89. The first-order valence-electron chi connectivity index (χ1n) is 19.6. The van der Waals surface area contributed by atoms with Crippen LogP contribution in [0.5, 0.6) is 0 Å². The SMILES string of the molecule is CCN1/C(=C/C=C2\CC(C(C)(C)C(=O)OC)CC(/C=C/C3N(CC)c4ccc5ccccc5c4C3(C)C)=C2Cl)C(C)(C)c2c1ccc1cc(S(=O)(=O)O)ccc21. The summed E-state index contributed by atoms with van der Waals surface area (Å²) in [5, 5.41) is 4.91. The largest absolute Gasteiger partial charge is 0.469 e. The maximum Gasteiger partial charge on any atom is 0.311 e. The van der Waals surface area contributed by atoms with Gasteiger partial charge in [0.2, 0.25) is 0 Å². The molecule has 4 aromatic rings. The van der Waals surface area contributed by atoms with Crippen molar-refractivity contribution in [3.8, 4) is 0 Å². The van der Waals surface area contributed by atoms with Crippen LogP contribution in [0.15, 0.2) is 118 Å². The molecule has 1 aliphatic carbocycles. The molecule has 4 aromatic carbocycles. The minimum Gasteiger partial charge on any atom is -0.469 e. The number of nitrogens with zero attached hydrogens (tertiary/aromatic N) is 2. The first-order chi connectivity index (χ1) is 26.4. The summed E-state index contributed by atoms with van der Waals surface area (Å²) in [5.74, 6) is -0.301. The molecular weight excluding hydrogens is 740 g/mol. The van der Waals surface area contributed by atoms with Crippen LogP contribution in [0.2, 0.25) is 0 Å². The smallest absolute Gasteiger partial charge is 0.311 e. The second-order valence-corrected chi connectivity index (χ2v) is 18.9. The van der Waals surface area contributed by atoms with Crippen LogP contribution in [0.4, 0.5) is 11.4 Å². The van der Waals surface area contributed by atoms with E-state index in [0.29, 0.717) is 17.9 Å². The third-order valence-electron chi connectivity index (χ3n) is 12.9. The van der Waals surface area contributed by atoms with E-state index in [2.05, 4.69) is 112 Å². The van der Waals surface area contributed by atoms with Gasteiger partial charge in [0.25, 0.3) is 10.1 Å². The highest BCUT2D eigenvalue weighted by Crippen LogP contribution is 2.53. The molecule has 0 spiro atoms. The molecule has 2 atom stereocenters. The third-order valence-corrected chi connectivity index (χ3v) is 14.2. The number of hydrogen-bond acceptors (Lipinski definition) is 6. The molecule has 56 heavy (non-hydrogen) atoms. The average Bonchev–Trinajstić information content (AvgIpc) is 3.53. The van der Waals surface area contributed by atoms with Gasteiger partial charge in [0.1, 0.15) is 0 Å². The molecule has 0 amide bonds. The van der Waals surface area contributed by atoms with Crippen molar-refractivity contribution in [2.24, 2.45) is 11.3 Å². The second-order valence-electron chi connectivity index (χ2n) is 17.1. The summed E-state index contributed by atoms with van der Waals surface area (Å²) in [6.07, 6.45) is 10.0. The molecule has 0 saturated carbocycles. The number of allylic oxidation sites excluding steroid dienone is 7. The topological polar surface area (TPSA) is 87.2 Å². The van der Waals surface area contributed by atoms with Crippen LogP contribution in [0.25, 0.3) is 21.5 Å². The molecule has 0 saturated heterocycles. The number of carbonyl (C=O) groups excluding carboxylic acids is 1. The number of carbonyl (C=O) groups is 1. The van der Waals surface area contributed by atoms with E-state index in [1.807, 2.05) is 26.0 Å². The van der Waals surface area contributed by atoms with E-state index in [4.69, 9.17) is 16.3 Å². The Morgan fingerprint density at radius 3 is 2.27 bits per heavy atom. The van der Waals surface area contributed by atoms with Crippen LogP contribution < -0.4 is 9.80 Å². The van der Waals surface area contributed by atoms with Gasteiger partial charge in [-0.1, -0.05) is 100.0 Å². The molecule has 3 aliphatic rings. The minimum absolute atomic E-state index is 0.0567. The Bertz CT molecular complexity index is 2510. The predicted octanol–water partition coefficient (Wildman–Crippen LogP) is 11.0. The zero-order valence-corrected chi connectivity index (χ0v) is 35.5. The zero-order chi connectivity index (χ0) is 40.5. The molecule has 9 heteroatoms. The van der Waals surface area contributed by atoms with E-state index in [1.54, 1.807) is 6.07 Å². The van der Waals surface area contributed by atoms with Crippen molar-refractivity contribution in [2.75, 3.05) is 30.0 Å². The van der Waals surface area contributed by atoms with E-state index in [1.165, 1.54) is 41.3 Å². The lowest BCUT2D eigenvalue weighted by Crippen LogP contribution is -2.40. The molecule has 0 aromatic heterocycles. The highest BCUT2D eigenvalue weighted by atomic mass is 35.5. The number of rotatable bonds is 8. The summed E-state index contributed by atoms with van der Waals surface area (Å²) >= 11 is 7.44. The van der Waals surface area contributed by atoms with E-state index >= 15 is 0 Å². The molecule has 0 bridgehead atoms. The first kappa shape index (κ1) is 39.8. The number of esters is 1. The number of likely N-dealkylation sites (N-methyl/N-ethyl adjacent to an activating group) is 2. The Morgan fingerprint density at radius 1 is 0.911 bits per heavy atom. The summed E-state index contributed by atoms with van der Waals surface area (Å²) < 4.78 is 39.0. The fraction of sp³-hybridized carbons (Fsp3) is 0.383. The van der Waals surface area contributed by atoms with Gasteiger partial charge in [-0.25, -0.2) is 0 Å². The van der Waals surface area contributed by atoms with Gasteiger partial charge < -0.3 is 14.5 Å². The van der Waals surface area contributed by atoms with Crippen LogP contribution in [0.1, 0.15) is 79.4 Å². The zero-order valence-electron chi connectivity index (χ0n) is 33.9. The summed E-state index contributed by atoms with van der Waals surface area (Å²) in [6.45, 7) is 18.9. The number of methoxy groups -OCH3 is 1. The molecule has 294 valence electrons. The van der Waals surface area contributed by atoms with Crippen LogP contribution in [-0.2, 0) is 30.5 Å². The molecule has 2 heterocycles. The number of fused-ring (bicyclic) bond motifs is 6. The predicted molar refractivity (Wildman–Crippen MR) is 230 cm³/mol. The van der Waals surface area contributed by atoms with E-state index in [-0.39, 0.29) is 28.2 Å². The molecule has 2 unspecified atom stereocenters. The standard InChI is InChI=1S/C47H53ClN2O5S/c1-10-49-37-22-16-29-14-12-13-15-35(29)41(37)46(5,6)39(49)24-18-31-26-33(45(3,4)44(51)55-9)27-32(43(31)48)19-25-40-47(7,8)42-36-21-20-34(56(52,53)54)28-30(36)17-23-38(42)50(40)11-2/h12-25,28,33,39H,10-11,26-27H2,1-9H3,(H,52,53,54)/b24-18+,32-19+,40-25+. The van der Waals surface area contributed by atoms with Crippen LogP contribution in [0.3, 0.4) is 0 Å². The maximum absolute atomic E-state index is 13.3. The lowest BCUT2D eigenvalue weighted by molar-refractivity contribution is -0.154. The lowest BCUT2D eigenvalue weighted by atomic mass is 9.69. The van der Waals surface area contributed by atoms with E-state index < -0.39 is 20.9 Å². The fourth-order valence-electron chi connectivity index (χ4n) is 9.75. The lowest BCUT2D eigenvalue weighted by Gasteiger charge is -2.36. The van der Waals surface area contributed by atoms with Gasteiger partial charge in [-0.15, -0.1) is 0 Å². The highest BCUT2D eigenvalue weighted by molar-refractivity contribution is 7.85. The normalized spacial score (nSPS) is 22.2. The summed E-state index contributed by atoms with van der Waals surface area (Å²) in [4.78, 5) is 17.9. The Hall–Kier alpha value is -4.37. The molecule has 2 aliphatic heterocycles. The van der Waals surface area contributed by atoms with Crippen LogP contribution in [0, 0.1) is 11.3 Å². The van der Waals surface area contributed by atoms with Gasteiger partial charge in [0.15, 0.2) is 0 Å². The van der Waals surface area contributed by atoms with Crippen molar-refractivity contribution in [3.05, 3.63) is 124 Å². The van der Waals surface area contributed by atoms with Crippen molar-refractivity contribution in [2.45, 2.75) is 90.0 Å². The second kappa shape index (κ2) is 14.2. The Balaban J connectivity index is 1.31. The van der Waals surface area contributed by atoms with Crippen LogP contribution >= 0.6 is 11.6 Å². The molecule has 0 radical (unpaired) electrons. The van der Waals surface area contributed by atoms with E-state index in [0.717, 1.165) is 52.0 Å². The average molecular weight is 793 g/mol. The van der Waals surface area contributed by atoms with E-state index in [9.17, 15) is 17.8 Å².